The highest BCUT2D eigenvalue weighted by atomic mass is 16.7. The zero-order valence-corrected chi connectivity index (χ0v) is 14.7. The molecule has 4 rings (SSSR count). The van der Waals surface area contributed by atoms with Crippen molar-refractivity contribution in [1.29, 1.82) is 0 Å². The molecule has 2 saturated heterocycles. The van der Waals surface area contributed by atoms with E-state index in [9.17, 15) is 4.79 Å². The summed E-state index contributed by atoms with van der Waals surface area (Å²) in [5.74, 6) is -0.370. The summed E-state index contributed by atoms with van der Waals surface area (Å²) in [7, 11) is 0. The fraction of sp³-hybridized carbons (Fsp3) is 0.778. The van der Waals surface area contributed by atoms with Crippen molar-refractivity contribution in [2.75, 3.05) is 19.7 Å². The van der Waals surface area contributed by atoms with Gasteiger partial charge >= 0.3 is 6.03 Å². The third-order valence-electron chi connectivity index (χ3n) is 5.63. The molecule has 1 spiro atoms. The maximum atomic E-state index is 12.6. The van der Waals surface area contributed by atoms with E-state index in [4.69, 9.17) is 9.47 Å². The minimum absolute atomic E-state index is 0.0100. The number of urea groups is 1. The second kappa shape index (κ2) is 7.33. The van der Waals surface area contributed by atoms with Gasteiger partial charge in [-0.15, -0.1) is 0 Å². The van der Waals surface area contributed by atoms with Gasteiger partial charge in [-0.05, 0) is 25.7 Å². The van der Waals surface area contributed by atoms with E-state index in [2.05, 4.69) is 10.3 Å². The van der Waals surface area contributed by atoms with Gasteiger partial charge in [-0.1, -0.05) is 6.42 Å². The van der Waals surface area contributed by atoms with E-state index in [-0.39, 0.29) is 24.0 Å². The number of carbonyl (C=O) groups excluding carboxylic acids is 1. The van der Waals surface area contributed by atoms with Gasteiger partial charge in [-0.3, -0.25) is 0 Å². The SMILES string of the molecule is O=C(NC[C@H]1COC2(CCCCC2)O1)N1CCC[C@@H]1Cn1ccnc1. The number of carbonyl (C=O) groups is 1. The maximum Gasteiger partial charge on any atom is 0.317 e. The first-order chi connectivity index (χ1) is 12.2. The van der Waals surface area contributed by atoms with Gasteiger partial charge in [0.05, 0.1) is 19.0 Å². The number of hydrogen-bond donors (Lipinski definition) is 1. The van der Waals surface area contributed by atoms with Gasteiger partial charge in [0.1, 0.15) is 6.10 Å². The lowest BCUT2D eigenvalue weighted by atomic mass is 9.94. The van der Waals surface area contributed by atoms with Crippen LogP contribution < -0.4 is 5.32 Å². The van der Waals surface area contributed by atoms with Crippen molar-refractivity contribution in [2.24, 2.45) is 0 Å². The first-order valence-electron chi connectivity index (χ1n) is 9.56. The minimum atomic E-state index is -0.370. The summed E-state index contributed by atoms with van der Waals surface area (Å²) in [5, 5.41) is 3.06. The lowest BCUT2D eigenvalue weighted by molar-refractivity contribution is -0.186. The Balaban J connectivity index is 1.26. The summed E-state index contributed by atoms with van der Waals surface area (Å²) >= 11 is 0. The van der Waals surface area contributed by atoms with E-state index < -0.39 is 0 Å². The van der Waals surface area contributed by atoms with E-state index >= 15 is 0 Å². The zero-order chi connectivity index (χ0) is 17.1. The Bertz CT molecular complexity index is 571. The highest BCUT2D eigenvalue weighted by Gasteiger charge is 2.42. The standard InChI is InChI=1S/C18H28N4O3/c23-17(22-9-4-5-15(22)12-21-10-8-19-14-21)20-11-16-13-24-18(25-16)6-2-1-3-7-18/h8,10,14-16H,1-7,9,11-13H2,(H,20,23)/t15-,16+/m1/s1. The quantitative estimate of drug-likeness (QED) is 0.905. The van der Waals surface area contributed by atoms with Crippen LogP contribution >= 0.6 is 0 Å². The zero-order valence-electron chi connectivity index (χ0n) is 14.7. The minimum Gasteiger partial charge on any atom is -0.347 e. The van der Waals surface area contributed by atoms with E-state index in [0.717, 1.165) is 38.8 Å². The van der Waals surface area contributed by atoms with Crippen molar-refractivity contribution in [3.05, 3.63) is 18.7 Å². The molecule has 1 saturated carbocycles. The number of nitrogens with one attached hydrogen (secondary N) is 1. The Morgan fingerprint density at radius 1 is 1.28 bits per heavy atom. The average molecular weight is 348 g/mol. The summed E-state index contributed by atoms with van der Waals surface area (Å²) in [4.78, 5) is 18.6. The molecule has 3 heterocycles. The first kappa shape index (κ1) is 16.8. The number of nitrogens with zero attached hydrogens (tertiary/aromatic N) is 3. The van der Waals surface area contributed by atoms with Crippen LogP contribution in [-0.4, -0.2) is 58.1 Å². The van der Waals surface area contributed by atoms with Crippen molar-refractivity contribution < 1.29 is 14.3 Å². The molecule has 7 nitrogen and oxygen atoms in total. The van der Waals surface area contributed by atoms with E-state index in [1.165, 1.54) is 19.3 Å². The molecule has 1 aromatic heterocycles. The van der Waals surface area contributed by atoms with Crippen molar-refractivity contribution >= 4 is 6.03 Å². The van der Waals surface area contributed by atoms with Crippen LogP contribution in [0.25, 0.3) is 0 Å². The molecule has 25 heavy (non-hydrogen) atoms. The van der Waals surface area contributed by atoms with E-state index in [1.54, 1.807) is 6.20 Å². The highest BCUT2D eigenvalue weighted by Crippen LogP contribution is 2.37. The highest BCUT2D eigenvalue weighted by molar-refractivity contribution is 5.74. The normalized spacial score (nSPS) is 28.6. The van der Waals surface area contributed by atoms with Gasteiger partial charge in [-0.2, -0.15) is 0 Å². The maximum absolute atomic E-state index is 12.6. The summed E-state index contributed by atoms with van der Waals surface area (Å²) in [6.07, 6.45) is 13.2. The predicted octanol–water partition coefficient (Wildman–Crippen LogP) is 2.13. The summed E-state index contributed by atoms with van der Waals surface area (Å²) in [6, 6.07) is 0.246. The molecule has 0 unspecified atom stereocenters. The lowest BCUT2D eigenvalue weighted by Gasteiger charge is -2.32. The van der Waals surface area contributed by atoms with Crippen LogP contribution in [0.4, 0.5) is 4.79 Å². The third-order valence-corrected chi connectivity index (χ3v) is 5.63. The Hall–Kier alpha value is -1.60. The number of ether oxygens (including phenoxy) is 2. The molecular weight excluding hydrogens is 320 g/mol. The van der Waals surface area contributed by atoms with Gasteiger partial charge in [0.25, 0.3) is 0 Å². The fourth-order valence-electron chi connectivity index (χ4n) is 4.30. The predicted molar refractivity (Wildman–Crippen MR) is 92.0 cm³/mol. The van der Waals surface area contributed by atoms with Crippen molar-refractivity contribution in [2.45, 2.75) is 69.4 Å². The van der Waals surface area contributed by atoms with Gasteiger partial charge < -0.3 is 24.3 Å². The largest absolute Gasteiger partial charge is 0.347 e. The number of hydrogen-bond acceptors (Lipinski definition) is 4. The molecule has 0 bridgehead atoms. The fourth-order valence-corrected chi connectivity index (χ4v) is 4.30. The van der Waals surface area contributed by atoms with Gasteiger partial charge in [0.2, 0.25) is 0 Å². The number of rotatable bonds is 4. The number of likely N-dealkylation sites (tertiary alicyclic amines) is 1. The lowest BCUT2D eigenvalue weighted by Crippen LogP contribution is -2.46. The van der Waals surface area contributed by atoms with E-state index in [1.807, 2.05) is 22.0 Å². The summed E-state index contributed by atoms with van der Waals surface area (Å²) in [5.41, 5.74) is 0. The molecule has 1 aromatic rings. The molecule has 3 fully saturated rings. The number of aromatic nitrogens is 2. The molecule has 1 N–H and O–H groups in total. The smallest absolute Gasteiger partial charge is 0.317 e. The second-order valence-corrected chi connectivity index (χ2v) is 7.46. The van der Waals surface area contributed by atoms with Gasteiger partial charge in [0.15, 0.2) is 5.79 Å². The monoisotopic (exact) mass is 348 g/mol. The molecule has 7 heteroatoms. The molecule has 3 aliphatic rings. The second-order valence-electron chi connectivity index (χ2n) is 7.46. The third kappa shape index (κ3) is 3.82. The first-order valence-corrected chi connectivity index (χ1v) is 9.56. The molecular formula is C18H28N4O3. The average Bonchev–Trinajstić information content (AvgIpc) is 3.36. The van der Waals surface area contributed by atoms with Crippen LogP contribution in [0.1, 0.15) is 44.9 Å². The van der Waals surface area contributed by atoms with Gasteiger partial charge in [-0.25, -0.2) is 9.78 Å². The van der Waals surface area contributed by atoms with Crippen LogP contribution in [0.3, 0.4) is 0 Å². The van der Waals surface area contributed by atoms with Crippen LogP contribution in [-0.2, 0) is 16.0 Å². The van der Waals surface area contributed by atoms with Crippen LogP contribution in [0, 0.1) is 0 Å². The molecule has 138 valence electrons. The topological polar surface area (TPSA) is 68.6 Å². The Labute approximate surface area is 148 Å². The van der Waals surface area contributed by atoms with Crippen molar-refractivity contribution in [3.63, 3.8) is 0 Å². The van der Waals surface area contributed by atoms with Gasteiger partial charge in [0, 0.05) is 44.9 Å². The molecule has 1 aliphatic carbocycles. The summed E-state index contributed by atoms with van der Waals surface area (Å²) < 4.78 is 14.1. The molecule has 2 atom stereocenters. The number of amides is 2. The molecule has 2 amide bonds. The van der Waals surface area contributed by atoms with Crippen LogP contribution in [0.2, 0.25) is 0 Å². The number of imidazole rings is 1. The van der Waals surface area contributed by atoms with E-state index in [0.29, 0.717) is 13.2 Å². The molecule has 2 aliphatic heterocycles. The summed E-state index contributed by atoms with van der Waals surface area (Å²) in [6.45, 7) is 2.73. The van der Waals surface area contributed by atoms with Crippen molar-refractivity contribution in [3.8, 4) is 0 Å². The molecule has 0 radical (unpaired) electrons. The van der Waals surface area contributed by atoms with Crippen molar-refractivity contribution in [1.82, 2.24) is 19.8 Å². The van der Waals surface area contributed by atoms with Crippen LogP contribution in [0.15, 0.2) is 18.7 Å². The molecule has 0 aromatic carbocycles. The van der Waals surface area contributed by atoms with Crippen LogP contribution in [0.5, 0.6) is 0 Å². The Kier molecular flexibility index (Phi) is 4.94. The Morgan fingerprint density at radius 2 is 2.16 bits per heavy atom. The Morgan fingerprint density at radius 3 is 2.96 bits per heavy atom.